The van der Waals surface area contributed by atoms with Gasteiger partial charge in [0.15, 0.2) is 20.0 Å². The van der Waals surface area contributed by atoms with Gasteiger partial charge < -0.3 is 9.53 Å². The van der Waals surface area contributed by atoms with Crippen LogP contribution >= 0.6 is 31.9 Å². The fraction of sp³-hybridized carbons (Fsp3) is 0.250. The predicted octanol–water partition coefficient (Wildman–Crippen LogP) is 8.38. The number of benzene rings is 2. The Kier molecular flexibility index (Phi) is 9.28. The molecule has 0 unspecified atom stereocenters. The Balaban J connectivity index is 0.000000180. The third kappa shape index (κ3) is 7.13. The van der Waals surface area contributed by atoms with Crippen molar-refractivity contribution in [3.05, 3.63) is 106 Å². The van der Waals surface area contributed by atoms with Crippen molar-refractivity contribution in [3.8, 4) is 11.6 Å². The summed E-state index contributed by atoms with van der Waals surface area (Å²) in [6, 6.07) is 23.6. The number of nitrogens with zero attached hydrogens (tertiary/aromatic N) is 6. The van der Waals surface area contributed by atoms with Crippen LogP contribution in [-0.4, -0.2) is 43.0 Å². The Bertz CT molecular complexity index is 1880. The van der Waals surface area contributed by atoms with E-state index in [0.29, 0.717) is 18.1 Å². The largest absolute Gasteiger partial charge is 0.411 e. The lowest BCUT2D eigenvalue weighted by atomic mass is 10.2. The number of halogens is 2. The standard InChI is InChI=1S/C19H24BrN3OSi.C13H10BrN3O/c1-19(2,3)25(4,5)24-13-16-7-6-8-18(22-16)23-17-11-15(20)10-9-14(17)12-21-23;14-10-5-4-9-7-15-17(12(9)6-10)13-3-1-2-11(8-18)16-13/h6-12H,13H2,1-5H3;1-7,18H,8H2. The molecule has 0 bridgehead atoms. The van der Waals surface area contributed by atoms with Crippen molar-refractivity contribution in [2.45, 2.75) is 52.1 Å². The van der Waals surface area contributed by atoms with Gasteiger partial charge in [-0.3, -0.25) is 0 Å². The second-order valence-electron chi connectivity index (χ2n) is 11.7. The number of hydrogen-bond acceptors (Lipinski definition) is 6. The Morgan fingerprint density at radius 3 is 1.72 bits per heavy atom. The third-order valence-electron chi connectivity index (χ3n) is 7.63. The highest BCUT2D eigenvalue weighted by molar-refractivity contribution is 9.10. The topological polar surface area (TPSA) is 90.9 Å². The van der Waals surface area contributed by atoms with E-state index in [1.54, 1.807) is 16.9 Å². The lowest BCUT2D eigenvalue weighted by Crippen LogP contribution is -2.40. The zero-order chi connectivity index (χ0) is 30.8. The van der Waals surface area contributed by atoms with Crippen molar-refractivity contribution in [3.63, 3.8) is 0 Å². The molecule has 0 aliphatic heterocycles. The van der Waals surface area contributed by atoms with E-state index in [-0.39, 0.29) is 11.6 Å². The molecule has 0 fully saturated rings. The molecule has 6 aromatic rings. The summed E-state index contributed by atoms with van der Waals surface area (Å²) >= 11 is 6.98. The van der Waals surface area contributed by atoms with Crippen molar-refractivity contribution in [2.75, 3.05) is 0 Å². The van der Waals surface area contributed by atoms with Gasteiger partial charge in [0.05, 0.1) is 48.0 Å². The predicted molar refractivity (Wildman–Crippen MR) is 181 cm³/mol. The van der Waals surface area contributed by atoms with Gasteiger partial charge in [-0.1, -0.05) is 76.9 Å². The minimum absolute atomic E-state index is 0.0727. The quantitative estimate of drug-likeness (QED) is 0.174. The van der Waals surface area contributed by atoms with Gasteiger partial charge in [0, 0.05) is 19.7 Å². The summed E-state index contributed by atoms with van der Waals surface area (Å²) in [5.41, 5.74) is 3.57. The Morgan fingerprint density at radius 2 is 1.23 bits per heavy atom. The van der Waals surface area contributed by atoms with Crippen molar-refractivity contribution in [1.82, 2.24) is 29.5 Å². The minimum atomic E-state index is -1.79. The summed E-state index contributed by atoms with van der Waals surface area (Å²) in [6.45, 7) is 11.7. The molecule has 1 N–H and O–H groups in total. The molecule has 0 saturated carbocycles. The molecule has 43 heavy (non-hydrogen) atoms. The SMILES string of the molecule is CC(C)(C)[Si](C)(C)OCc1cccc(-n2ncc3ccc(Br)cc32)n1.OCc1cccc(-n2ncc3ccc(Br)cc32)n1. The van der Waals surface area contributed by atoms with E-state index in [9.17, 15) is 0 Å². The Labute approximate surface area is 269 Å². The van der Waals surface area contributed by atoms with Gasteiger partial charge in [0.1, 0.15) is 0 Å². The molecule has 8 nitrogen and oxygen atoms in total. The van der Waals surface area contributed by atoms with E-state index < -0.39 is 8.32 Å². The molecule has 6 rings (SSSR count). The van der Waals surface area contributed by atoms with Crippen LogP contribution in [0.3, 0.4) is 0 Å². The number of aliphatic hydroxyl groups is 1. The normalized spacial score (nSPS) is 12.0. The summed E-state index contributed by atoms with van der Waals surface area (Å²) in [6.07, 6.45) is 3.66. The fourth-order valence-electron chi connectivity index (χ4n) is 4.16. The summed E-state index contributed by atoms with van der Waals surface area (Å²) in [7, 11) is -1.79. The van der Waals surface area contributed by atoms with E-state index in [4.69, 9.17) is 14.5 Å². The first-order valence-electron chi connectivity index (χ1n) is 13.9. The molecule has 4 aromatic heterocycles. The molecule has 4 heterocycles. The molecule has 222 valence electrons. The van der Waals surface area contributed by atoms with E-state index in [0.717, 1.165) is 42.3 Å². The van der Waals surface area contributed by atoms with Gasteiger partial charge in [-0.2, -0.15) is 10.2 Å². The van der Waals surface area contributed by atoms with Crippen molar-refractivity contribution < 1.29 is 9.53 Å². The highest BCUT2D eigenvalue weighted by Gasteiger charge is 2.37. The number of hydrogen-bond donors (Lipinski definition) is 1. The molecular formula is C32H34Br2N6O2Si. The molecule has 0 aliphatic carbocycles. The van der Waals surface area contributed by atoms with Crippen LogP contribution in [-0.2, 0) is 17.6 Å². The molecule has 0 spiro atoms. The third-order valence-corrected chi connectivity index (χ3v) is 13.1. The minimum Gasteiger partial charge on any atom is -0.411 e. The molecule has 0 radical (unpaired) electrons. The van der Waals surface area contributed by atoms with E-state index in [1.807, 2.05) is 71.5 Å². The maximum atomic E-state index is 9.12. The molecule has 11 heteroatoms. The average molecular weight is 723 g/mol. The van der Waals surface area contributed by atoms with Gasteiger partial charge in [-0.15, -0.1) is 0 Å². The summed E-state index contributed by atoms with van der Waals surface area (Å²) < 4.78 is 12.0. The van der Waals surface area contributed by atoms with E-state index in [1.165, 1.54) is 0 Å². The molecule has 0 saturated heterocycles. The monoisotopic (exact) mass is 720 g/mol. The van der Waals surface area contributed by atoms with Crippen LogP contribution < -0.4 is 0 Å². The van der Waals surface area contributed by atoms with Crippen molar-refractivity contribution in [1.29, 1.82) is 0 Å². The summed E-state index contributed by atoms with van der Waals surface area (Å²) in [5, 5.41) is 20.3. The van der Waals surface area contributed by atoms with E-state index >= 15 is 0 Å². The lowest BCUT2D eigenvalue weighted by molar-refractivity contribution is 0.272. The second kappa shape index (κ2) is 12.8. The van der Waals surface area contributed by atoms with Crippen LogP contribution in [0, 0.1) is 0 Å². The summed E-state index contributed by atoms with van der Waals surface area (Å²) in [4.78, 5) is 9.11. The highest BCUT2D eigenvalue weighted by Crippen LogP contribution is 2.37. The maximum absolute atomic E-state index is 9.12. The first kappa shape index (κ1) is 31.2. The zero-order valence-electron chi connectivity index (χ0n) is 24.8. The summed E-state index contributed by atoms with van der Waals surface area (Å²) in [5.74, 6) is 1.51. The number of aliphatic hydroxyl groups excluding tert-OH is 1. The van der Waals surface area contributed by atoms with Crippen molar-refractivity contribution >= 4 is 62.0 Å². The van der Waals surface area contributed by atoms with Crippen LogP contribution in [0.2, 0.25) is 18.1 Å². The van der Waals surface area contributed by atoms with Crippen LogP contribution in [0.25, 0.3) is 33.4 Å². The van der Waals surface area contributed by atoms with Crippen LogP contribution in [0.15, 0.2) is 94.1 Å². The second-order valence-corrected chi connectivity index (χ2v) is 18.3. The number of rotatable bonds is 6. The smallest absolute Gasteiger partial charge is 0.192 e. The van der Waals surface area contributed by atoms with Crippen LogP contribution in [0.5, 0.6) is 0 Å². The molecule has 0 aliphatic rings. The highest BCUT2D eigenvalue weighted by atomic mass is 79.9. The average Bonchev–Trinajstić information content (AvgIpc) is 3.60. The maximum Gasteiger partial charge on any atom is 0.192 e. The first-order chi connectivity index (χ1) is 20.4. The zero-order valence-corrected chi connectivity index (χ0v) is 29.0. The van der Waals surface area contributed by atoms with Gasteiger partial charge in [-0.05, 0) is 66.7 Å². The van der Waals surface area contributed by atoms with Gasteiger partial charge >= 0.3 is 0 Å². The number of aromatic nitrogens is 6. The lowest BCUT2D eigenvalue weighted by Gasteiger charge is -2.36. The molecule has 2 aromatic carbocycles. The molecule has 0 atom stereocenters. The fourth-order valence-corrected chi connectivity index (χ4v) is 5.80. The Hall–Kier alpha value is -3.22. The first-order valence-corrected chi connectivity index (χ1v) is 18.4. The van der Waals surface area contributed by atoms with Gasteiger partial charge in [-0.25, -0.2) is 19.3 Å². The van der Waals surface area contributed by atoms with Gasteiger partial charge in [0.2, 0.25) is 0 Å². The molecule has 0 amide bonds. The number of pyridine rings is 2. The van der Waals surface area contributed by atoms with Crippen molar-refractivity contribution in [2.24, 2.45) is 0 Å². The van der Waals surface area contributed by atoms with Gasteiger partial charge in [0.25, 0.3) is 0 Å². The van der Waals surface area contributed by atoms with Crippen LogP contribution in [0.4, 0.5) is 0 Å². The Morgan fingerprint density at radius 1 is 0.744 bits per heavy atom. The number of fused-ring (bicyclic) bond motifs is 2. The molecular weight excluding hydrogens is 688 g/mol. The van der Waals surface area contributed by atoms with E-state index in [2.05, 4.69) is 87.0 Å². The van der Waals surface area contributed by atoms with Crippen LogP contribution in [0.1, 0.15) is 32.2 Å².